The van der Waals surface area contributed by atoms with Gasteiger partial charge in [-0.3, -0.25) is 29.5 Å². The quantitative estimate of drug-likeness (QED) is 0.342. The molecule has 2 rings (SSSR count). The predicted molar refractivity (Wildman–Crippen MR) is 61.8 cm³/mol. The lowest BCUT2D eigenvalue weighted by Crippen LogP contribution is -2.30. The van der Waals surface area contributed by atoms with Crippen LogP contribution in [0.2, 0.25) is 0 Å². The number of benzene rings is 1. The van der Waals surface area contributed by atoms with Gasteiger partial charge in [0.25, 0.3) is 5.69 Å². The fourth-order valence-electron chi connectivity index (χ4n) is 1.66. The van der Waals surface area contributed by atoms with Crippen LogP contribution in [0.3, 0.4) is 0 Å². The first kappa shape index (κ1) is 12.7. The third kappa shape index (κ3) is 2.15. The summed E-state index contributed by atoms with van der Waals surface area (Å²) in [6, 6.07) is 4.70. The van der Waals surface area contributed by atoms with Gasteiger partial charge in [-0.2, -0.15) is 0 Å². The van der Waals surface area contributed by atoms with E-state index in [2.05, 4.69) is 0 Å². The van der Waals surface area contributed by atoms with Crippen LogP contribution < -0.4 is 0 Å². The SMILES string of the molecule is CN1C(=O)C(=O)N(Cc2ccc([N+](=O)[O-])cc2)C1=O. The Morgan fingerprint density at radius 3 is 2.11 bits per heavy atom. The zero-order valence-electron chi connectivity index (χ0n) is 9.90. The highest BCUT2D eigenvalue weighted by molar-refractivity contribution is 6.44. The van der Waals surface area contributed by atoms with Crippen LogP contribution in [0.1, 0.15) is 5.56 Å². The lowest BCUT2D eigenvalue weighted by molar-refractivity contribution is -0.384. The normalized spacial score (nSPS) is 15.3. The maximum atomic E-state index is 11.6. The Morgan fingerprint density at radius 2 is 1.68 bits per heavy atom. The highest BCUT2D eigenvalue weighted by atomic mass is 16.6. The molecule has 1 aliphatic rings. The van der Waals surface area contributed by atoms with Crippen molar-refractivity contribution in [2.75, 3.05) is 7.05 Å². The molecule has 0 N–H and O–H groups in total. The number of likely N-dealkylation sites (N-methyl/N-ethyl adjacent to an activating group) is 1. The Labute approximate surface area is 107 Å². The van der Waals surface area contributed by atoms with Gasteiger partial charge >= 0.3 is 17.8 Å². The minimum atomic E-state index is -0.897. The molecule has 8 nitrogen and oxygen atoms in total. The third-order valence-electron chi connectivity index (χ3n) is 2.74. The molecule has 0 aromatic heterocycles. The molecule has 19 heavy (non-hydrogen) atoms. The van der Waals surface area contributed by atoms with E-state index in [1.54, 1.807) is 0 Å². The average Bonchev–Trinajstić information content (AvgIpc) is 2.57. The van der Waals surface area contributed by atoms with Crippen molar-refractivity contribution in [2.24, 2.45) is 0 Å². The van der Waals surface area contributed by atoms with Crippen LogP contribution in [-0.4, -0.2) is 39.6 Å². The molecule has 4 amide bonds. The molecule has 0 saturated carbocycles. The third-order valence-corrected chi connectivity index (χ3v) is 2.74. The molecular formula is C11H9N3O5. The molecule has 1 saturated heterocycles. The second kappa shape index (κ2) is 4.48. The fraction of sp³-hybridized carbons (Fsp3) is 0.182. The number of nitrogens with zero attached hydrogens (tertiary/aromatic N) is 3. The van der Waals surface area contributed by atoms with Gasteiger partial charge in [0, 0.05) is 19.2 Å². The molecule has 0 spiro atoms. The van der Waals surface area contributed by atoms with Crippen molar-refractivity contribution in [1.29, 1.82) is 0 Å². The summed E-state index contributed by atoms with van der Waals surface area (Å²) in [6.07, 6.45) is 0. The summed E-state index contributed by atoms with van der Waals surface area (Å²) in [5.74, 6) is -1.78. The Morgan fingerprint density at radius 1 is 1.11 bits per heavy atom. The van der Waals surface area contributed by atoms with E-state index in [9.17, 15) is 24.5 Å². The van der Waals surface area contributed by atoms with E-state index in [0.29, 0.717) is 5.56 Å². The van der Waals surface area contributed by atoms with Crippen molar-refractivity contribution in [1.82, 2.24) is 9.80 Å². The molecule has 1 aliphatic heterocycles. The van der Waals surface area contributed by atoms with E-state index >= 15 is 0 Å². The lowest BCUT2D eigenvalue weighted by atomic mass is 10.2. The summed E-state index contributed by atoms with van der Waals surface area (Å²) in [5.41, 5.74) is 0.436. The van der Waals surface area contributed by atoms with Crippen molar-refractivity contribution in [3.05, 3.63) is 39.9 Å². The van der Waals surface area contributed by atoms with Gasteiger partial charge in [0.2, 0.25) is 0 Å². The number of nitro benzene ring substituents is 1. The lowest BCUT2D eigenvalue weighted by Gasteiger charge is -2.12. The zero-order valence-corrected chi connectivity index (χ0v) is 9.90. The number of imide groups is 2. The molecule has 0 atom stereocenters. The number of rotatable bonds is 3. The summed E-state index contributed by atoms with van der Waals surface area (Å²) >= 11 is 0. The van der Waals surface area contributed by atoms with Crippen molar-refractivity contribution in [3.8, 4) is 0 Å². The minimum absolute atomic E-state index is 0.0870. The van der Waals surface area contributed by atoms with E-state index in [4.69, 9.17) is 0 Å². The van der Waals surface area contributed by atoms with Crippen LogP contribution in [0.25, 0.3) is 0 Å². The van der Waals surface area contributed by atoms with Gasteiger partial charge in [0.15, 0.2) is 0 Å². The van der Waals surface area contributed by atoms with E-state index in [1.807, 2.05) is 0 Å². The Kier molecular flexibility index (Phi) is 2.99. The highest BCUT2D eigenvalue weighted by Gasteiger charge is 2.41. The van der Waals surface area contributed by atoms with Crippen LogP contribution in [0.15, 0.2) is 24.3 Å². The summed E-state index contributed by atoms with van der Waals surface area (Å²) in [6.45, 7) is -0.0915. The Hall–Kier alpha value is -2.77. The number of nitro groups is 1. The Bertz CT molecular complexity index is 580. The molecule has 1 aromatic rings. The maximum absolute atomic E-state index is 11.6. The first-order chi connectivity index (χ1) is 8.91. The second-order valence-electron chi connectivity index (χ2n) is 3.96. The molecule has 1 aromatic carbocycles. The molecule has 0 radical (unpaired) electrons. The molecule has 0 bridgehead atoms. The smallest absolute Gasteiger partial charge is 0.263 e. The first-order valence-corrected chi connectivity index (χ1v) is 5.28. The first-order valence-electron chi connectivity index (χ1n) is 5.28. The molecule has 0 aliphatic carbocycles. The predicted octanol–water partition coefficient (Wildman–Crippen LogP) is 0.515. The van der Waals surface area contributed by atoms with Gasteiger partial charge in [-0.15, -0.1) is 0 Å². The van der Waals surface area contributed by atoms with Crippen molar-refractivity contribution >= 4 is 23.5 Å². The van der Waals surface area contributed by atoms with Crippen LogP contribution in [0.5, 0.6) is 0 Å². The van der Waals surface area contributed by atoms with E-state index in [1.165, 1.54) is 31.3 Å². The number of hydrogen-bond donors (Lipinski definition) is 0. The second-order valence-corrected chi connectivity index (χ2v) is 3.96. The van der Waals surface area contributed by atoms with Crippen molar-refractivity contribution < 1.29 is 19.3 Å². The van der Waals surface area contributed by atoms with Gasteiger partial charge in [-0.05, 0) is 5.56 Å². The maximum Gasteiger partial charge on any atom is 0.334 e. The van der Waals surface area contributed by atoms with Crippen molar-refractivity contribution in [3.63, 3.8) is 0 Å². The highest BCUT2D eigenvalue weighted by Crippen LogP contribution is 2.17. The fourth-order valence-corrected chi connectivity index (χ4v) is 1.66. The van der Waals surface area contributed by atoms with Crippen LogP contribution in [-0.2, 0) is 16.1 Å². The number of carbonyl (C=O) groups is 3. The molecule has 1 heterocycles. The molecular weight excluding hydrogens is 254 g/mol. The van der Waals surface area contributed by atoms with Crippen molar-refractivity contribution in [2.45, 2.75) is 6.54 Å². The molecule has 1 fully saturated rings. The van der Waals surface area contributed by atoms with Crippen LogP contribution in [0.4, 0.5) is 10.5 Å². The van der Waals surface area contributed by atoms with Gasteiger partial charge < -0.3 is 0 Å². The van der Waals surface area contributed by atoms with Gasteiger partial charge in [0.05, 0.1) is 11.5 Å². The Balaban J connectivity index is 2.18. The van der Waals surface area contributed by atoms with Crippen LogP contribution in [0, 0.1) is 10.1 Å². The summed E-state index contributed by atoms with van der Waals surface area (Å²) in [4.78, 5) is 45.9. The number of urea groups is 1. The largest absolute Gasteiger partial charge is 0.334 e. The number of hydrogen-bond acceptors (Lipinski definition) is 5. The number of non-ortho nitro benzene ring substituents is 1. The van der Waals surface area contributed by atoms with E-state index in [0.717, 1.165) is 9.80 Å². The number of amides is 4. The molecule has 0 unspecified atom stereocenters. The summed E-state index contributed by atoms with van der Waals surface area (Å²) in [5, 5.41) is 10.5. The minimum Gasteiger partial charge on any atom is -0.263 e. The zero-order chi connectivity index (χ0) is 14.2. The van der Waals surface area contributed by atoms with Gasteiger partial charge in [0.1, 0.15) is 0 Å². The van der Waals surface area contributed by atoms with Gasteiger partial charge in [-0.1, -0.05) is 12.1 Å². The average molecular weight is 263 g/mol. The summed E-state index contributed by atoms with van der Waals surface area (Å²) in [7, 11) is 1.22. The molecule has 8 heteroatoms. The van der Waals surface area contributed by atoms with Gasteiger partial charge in [-0.25, -0.2) is 4.79 Å². The number of carbonyl (C=O) groups excluding carboxylic acids is 3. The topological polar surface area (TPSA) is 101 Å². The molecule has 98 valence electrons. The monoisotopic (exact) mass is 263 g/mol. The van der Waals surface area contributed by atoms with E-state index < -0.39 is 22.8 Å². The summed E-state index contributed by atoms with van der Waals surface area (Å²) < 4.78 is 0. The van der Waals surface area contributed by atoms with E-state index in [-0.39, 0.29) is 12.2 Å². The van der Waals surface area contributed by atoms with Crippen LogP contribution >= 0.6 is 0 Å². The standard InChI is InChI=1S/C11H9N3O5/c1-12-9(15)10(16)13(11(12)17)6-7-2-4-8(5-3-7)14(18)19/h2-5H,6H2,1H3.